The Morgan fingerprint density at radius 2 is 2.25 bits per heavy atom. The summed E-state index contributed by atoms with van der Waals surface area (Å²) in [5.74, 6) is 0. The van der Waals surface area contributed by atoms with E-state index in [1.54, 1.807) is 0 Å². The molecule has 1 aliphatic rings. The van der Waals surface area contributed by atoms with Crippen molar-refractivity contribution in [3.63, 3.8) is 0 Å². The Labute approximate surface area is 75.5 Å². The molecule has 0 spiro atoms. The number of nitrogens with zero attached hydrogens (tertiary/aromatic N) is 1. The van der Waals surface area contributed by atoms with Crippen molar-refractivity contribution in [3.8, 4) is 0 Å². The fourth-order valence-corrected chi connectivity index (χ4v) is 1.73. The summed E-state index contributed by atoms with van der Waals surface area (Å²) in [6.07, 6.45) is 2.68. The van der Waals surface area contributed by atoms with Crippen molar-refractivity contribution in [2.24, 2.45) is 0 Å². The SMILES string of the molecule is CNCCNC1CCCN(C)C1. The van der Waals surface area contributed by atoms with E-state index in [1.807, 2.05) is 7.05 Å². The topological polar surface area (TPSA) is 27.3 Å². The highest BCUT2D eigenvalue weighted by Gasteiger charge is 2.15. The van der Waals surface area contributed by atoms with E-state index in [2.05, 4.69) is 22.6 Å². The smallest absolute Gasteiger partial charge is 0.0195 e. The van der Waals surface area contributed by atoms with Crippen LogP contribution in [0.15, 0.2) is 0 Å². The normalized spacial score (nSPS) is 26.0. The summed E-state index contributed by atoms with van der Waals surface area (Å²) < 4.78 is 0. The Bertz CT molecular complexity index is 116. The molecule has 0 aromatic carbocycles. The second-order valence-electron chi connectivity index (χ2n) is 3.66. The lowest BCUT2D eigenvalue weighted by Gasteiger charge is -2.30. The van der Waals surface area contributed by atoms with Crippen LogP contribution in [0.1, 0.15) is 12.8 Å². The molecule has 1 aliphatic heterocycles. The Morgan fingerprint density at radius 1 is 1.42 bits per heavy atom. The lowest BCUT2D eigenvalue weighted by molar-refractivity contribution is 0.228. The highest BCUT2D eigenvalue weighted by atomic mass is 15.1. The molecule has 0 radical (unpaired) electrons. The van der Waals surface area contributed by atoms with Gasteiger partial charge in [0, 0.05) is 25.7 Å². The molecule has 0 aliphatic carbocycles. The molecule has 0 saturated carbocycles. The second kappa shape index (κ2) is 5.51. The molecule has 1 saturated heterocycles. The Kier molecular flexibility index (Phi) is 4.58. The highest BCUT2D eigenvalue weighted by molar-refractivity contribution is 4.76. The molecule has 3 heteroatoms. The van der Waals surface area contributed by atoms with E-state index in [9.17, 15) is 0 Å². The molecule has 0 aromatic heterocycles. The lowest BCUT2D eigenvalue weighted by Crippen LogP contribution is -2.45. The van der Waals surface area contributed by atoms with Gasteiger partial charge < -0.3 is 15.5 Å². The summed E-state index contributed by atoms with van der Waals surface area (Å²) in [6.45, 7) is 4.64. The van der Waals surface area contributed by atoms with E-state index in [0.29, 0.717) is 0 Å². The van der Waals surface area contributed by atoms with Gasteiger partial charge >= 0.3 is 0 Å². The van der Waals surface area contributed by atoms with Gasteiger partial charge in [-0.3, -0.25) is 0 Å². The summed E-state index contributed by atoms with van der Waals surface area (Å²) in [7, 11) is 4.20. The van der Waals surface area contributed by atoms with Crippen LogP contribution >= 0.6 is 0 Å². The number of hydrogen-bond donors (Lipinski definition) is 2. The van der Waals surface area contributed by atoms with Crippen LogP contribution in [0.4, 0.5) is 0 Å². The minimum atomic E-state index is 0.720. The molecule has 1 atom stereocenters. The molecule has 1 heterocycles. The molecule has 1 unspecified atom stereocenters. The molecule has 1 rings (SSSR count). The van der Waals surface area contributed by atoms with E-state index in [0.717, 1.165) is 19.1 Å². The average molecular weight is 171 g/mol. The predicted octanol–water partition coefficient (Wildman–Crippen LogP) is -0.110. The van der Waals surface area contributed by atoms with Gasteiger partial charge in [-0.15, -0.1) is 0 Å². The third-order valence-electron chi connectivity index (χ3n) is 2.43. The zero-order valence-corrected chi connectivity index (χ0v) is 8.27. The predicted molar refractivity (Wildman–Crippen MR) is 52.4 cm³/mol. The second-order valence-corrected chi connectivity index (χ2v) is 3.66. The van der Waals surface area contributed by atoms with Gasteiger partial charge in [0.1, 0.15) is 0 Å². The average Bonchev–Trinajstić information content (AvgIpc) is 2.05. The van der Waals surface area contributed by atoms with Crippen LogP contribution < -0.4 is 10.6 Å². The zero-order valence-electron chi connectivity index (χ0n) is 8.27. The van der Waals surface area contributed by atoms with Gasteiger partial charge in [0.2, 0.25) is 0 Å². The highest BCUT2D eigenvalue weighted by Crippen LogP contribution is 2.06. The van der Waals surface area contributed by atoms with Crippen LogP contribution in [0.5, 0.6) is 0 Å². The van der Waals surface area contributed by atoms with Crippen LogP contribution in [-0.4, -0.2) is 51.2 Å². The molecule has 12 heavy (non-hydrogen) atoms. The van der Waals surface area contributed by atoms with E-state index >= 15 is 0 Å². The van der Waals surface area contributed by atoms with Gasteiger partial charge in [0.25, 0.3) is 0 Å². The third kappa shape index (κ3) is 3.52. The number of likely N-dealkylation sites (N-methyl/N-ethyl adjacent to an activating group) is 2. The van der Waals surface area contributed by atoms with Crippen LogP contribution in [0.3, 0.4) is 0 Å². The van der Waals surface area contributed by atoms with Crippen molar-refractivity contribution in [1.29, 1.82) is 0 Å². The van der Waals surface area contributed by atoms with Gasteiger partial charge in [-0.2, -0.15) is 0 Å². The van der Waals surface area contributed by atoms with Crippen molar-refractivity contribution in [1.82, 2.24) is 15.5 Å². The minimum absolute atomic E-state index is 0.720. The van der Waals surface area contributed by atoms with Crippen molar-refractivity contribution in [2.75, 3.05) is 40.3 Å². The van der Waals surface area contributed by atoms with Crippen molar-refractivity contribution >= 4 is 0 Å². The van der Waals surface area contributed by atoms with Crippen LogP contribution in [0.25, 0.3) is 0 Å². The van der Waals surface area contributed by atoms with Crippen LogP contribution in [-0.2, 0) is 0 Å². The van der Waals surface area contributed by atoms with Crippen molar-refractivity contribution in [3.05, 3.63) is 0 Å². The Hall–Kier alpha value is -0.120. The number of nitrogens with one attached hydrogen (secondary N) is 2. The minimum Gasteiger partial charge on any atom is -0.318 e. The number of piperidine rings is 1. The van der Waals surface area contributed by atoms with Gasteiger partial charge in [-0.05, 0) is 33.5 Å². The number of likely N-dealkylation sites (tertiary alicyclic amines) is 1. The summed E-state index contributed by atoms with van der Waals surface area (Å²) in [4.78, 5) is 2.40. The van der Waals surface area contributed by atoms with Crippen LogP contribution in [0, 0.1) is 0 Å². The molecule has 0 aromatic rings. The maximum absolute atomic E-state index is 3.55. The quantitative estimate of drug-likeness (QED) is 0.578. The van der Waals surface area contributed by atoms with Crippen LogP contribution in [0.2, 0.25) is 0 Å². The Morgan fingerprint density at radius 3 is 2.92 bits per heavy atom. The number of hydrogen-bond acceptors (Lipinski definition) is 3. The van der Waals surface area contributed by atoms with Gasteiger partial charge in [-0.1, -0.05) is 0 Å². The van der Waals surface area contributed by atoms with Gasteiger partial charge in [0.05, 0.1) is 0 Å². The molecule has 2 N–H and O–H groups in total. The molecule has 72 valence electrons. The van der Waals surface area contributed by atoms with E-state index in [1.165, 1.54) is 25.9 Å². The van der Waals surface area contributed by atoms with Gasteiger partial charge in [0.15, 0.2) is 0 Å². The summed E-state index contributed by atoms with van der Waals surface area (Å²) in [5.41, 5.74) is 0. The maximum Gasteiger partial charge on any atom is 0.0195 e. The van der Waals surface area contributed by atoms with E-state index in [4.69, 9.17) is 0 Å². The number of rotatable bonds is 4. The summed E-state index contributed by atoms with van der Waals surface area (Å²) >= 11 is 0. The van der Waals surface area contributed by atoms with Crippen molar-refractivity contribution in [2.45, 2.75) is 18.9 Å². The first kappa shape index (κ1) is 9.96. The third-order valence-corrected chi connectivity index (χ3v) is 2.43. The fraction of sp³-hybridized carbons (Fsp3) is 1.00. The summed E-state index contributed by atoms with van der Waals surface area (Å²) in [6, 6.07) is 0.720. The standard InChI is InChI=1S/C9H21N3/c1-10-5-6-11-9-4-3-7-12(2)8-9/h9-11H,3-8H2,1-2H3. The van der Waals surface area contributed by atoms with E-state index in [-0.39, 0.29) is 0 Å². The summed E-state index contributed by atoms with van der Waals surface area (Å²) in [5, 5.41) is 6.69. The van der Waals surface area contributed by atoms with Crippen molar-refractivity contribution < 1.29 is 0 Å². The molecular formula is C9H21N3. The Balaban J connectivity index is 2.06. The monoisotopic (exact) mass is 171 g/mol. The molecule has 0 bridgehead atoms. The maximum atomic E-state index is 3.55. The fourth-order valence-electron chi connectivity index (χ4n) is 1.73. The first-order valence-corrected chi connectivity index (χ1v) is 4.89. The molecule has 1 fully saturated rings. The first-order chi connectivity index (χ1) is 5.83. The van der Waals surface area contributed by atoms with Gasteiger partial charge in [-0.25, -0.2) is 0 Å². The lowest BCUT2D eigenvalue weighted by atomic mass is 10.1. The first-order valence-electron chi connectivity index (χ1n) is 4.89. The molecule has 3 nitrogen and oxygen atoms in total. The zero-order chi connectivity index (χ0) is 8.81. The molecular weight excluding hydrogens is 150 g/mol. The molecule has 0 amide bonds. The largest absolute Gasteiger partial charge is 0.318 e. The van der Waals surface area contributed by atoms with E-state index < -0.39 is 0 Å².